The van der Waals surface area contributed by atoms with Crippen molar-refractivity contribution < 1.29 is 9.59 Å². The molecule has 3 heteroatoms. The number of hydrogen-bond acceptors (Lipinski definition) is 2. The van der Waals surface area contributed by atoms with Crippen molar-refractivity contribution in [3.05, 3.63) is 48.6 Å². The standard InChI is InChI=1S/C43H75NO2/c1-4-6-8-10-12-14-16-18-20-21-23-24-26-28-30-32-34-36-42(45)41-38-40(3)39-44(41)43(46)37-35-33-31-29-27-25-22-19-17-15-13-11-9-7-5-2/h12-15,18-20,22,40-41H,4-11,16-17,21,23-39H2,1-3H3/b14-12-,15-13-,20-18-,22-19-/t40-,41-/m0/s1. The van der Waals surface area contributed by atoms with Crippen LogP contribution in [0.4, 0.5) is 0 Å². The lowest BCUT2D eigenvalue weighted by atomic mass is 9.99. The molecule has 0 bridgehead atoms. The topological polar surface area (TPSA) is 37.4 Å². The van der Waals surface area contributed by atoms with Crippen LogP contribution in [0.15, 0.2) is 48.6 Å². The van der Waals surface area contributed by atoms with E-state index in [1.54, 1.807) is 0 Å². The van der Waals surface area contributed by atoms with E-state index in [2.05, 4.69) is 69.4 Å². The smallest absolute Gasteiger partial charge is 0.223 e. The summed E-state index contributed by atoms with van der Waals surface area (Å²) in [5, 5.41) is 0. The molecule has 0 aromatic heterocycles. The van der Waals surface area contributed by atoms with Crippen LogP contribution < -0.4 is 0 Å². The predicted molar refractivity (Wildman–Crippen MR) is 202 cm³/mol. The van der Waals surface area contributed by atoms with E-state index in [1.165, 1.54) is 109 Å². The molecule has 0 radical (unpaired) electrons. The highest BCUT2D eigenvalue weighted by atomic mass is 16.2. The number of nitrogens with zero attached hydrogens (tertiary/aromatic N) is 1. The van der Waals surface area contributed by atoms with Crippen molar-refractivity contribution in [3.63, 3.8) is 0 Å². The van der Waals surface area contributed by atoms with Crippen molar-refractivity contribution >= 4 is 11.7 Å². The van der Waals surface area contributed by atoms with E-state index in [0.717, 1.165) is 57.9 Å². The van der Waals surface area contributed by atoms with Crippen molar-refractivity contribution in [3.8, 4) is 0 Å². The zero-order chi connectivity index (χ0) is 33.3. The van der Waals surface area contributed by atoms with E-state index in [-0.39, 0.29) is 11.9 Å². The molecule has 264 valence electrons. The van der Waals surface area contributed by atoms with Gasteiger partial charge in [0.05, 0.1) is 6.04 Å². The van der Waals surface area contributed by atoms with Crippen LogP contribution in [-0.4, -0.2) is 29.2 Å². The molecule has 0 spiro atoms. The molecule has 1 heterocycles. The summed E-state index contributed by atoms with van der Waals surface area (Å²) in [5.74, 6) is 0.951. The molecule has 1 saturated heterocycles. The van der Waals surface area contributed by atoms with Gasteiger partial charge in [-0.05, 0) is 89.4 Å². The molecule has 1 rings (SSSR count). The molecule has 1 amide bonds. The van der Waals surface area contributed by atoms with Crippen LogP contribution in [0, 0.1) is 5.92 Å². The molecular formula is C43H75NO2. The van der Waals surface area contributed by atoms with Gasteiger partial charge in [-0.1, -0.05) is 146 Å². The Bertz CT molecular complexity index is 838. The number of ketones is 1. The fourth-order valence-corrected chi connectivity index (χ4v) is 6.49. The minimum Gasteiger partial charge on any atom is -0.332 e. The van der Waals surface area contributed by atoms with Gasteiger partial charge >= 0.3 is 0 Å². The maximum atomic E-state index is 13.1. The van der Waals surface area contributed by atoms with Crippen molar-refractivity contribution in [2.24, 2.45) is 5.92 Å². The van der Waals surface area contributed by atoms with E-state index in [0.29, 0.717) is 24.5 Å². The van der Waals surface area contributed by atoms with E-state index in [4.69, 9.17) is 0 Å². The minimum atomic E-state index is -0.162. The van der Waals surface area contributed by atoms with Gasteiger partial charge in [0.15, 0.2) is 5.78 Å². The maximum Gasteiger partial charge on any atom is 0.223 e. The summed E-state index contributed by atoms with van der Waals surface area (Å²) >= 11 is 0. The molecule has 1 aliphatic heterocycles. The van der Waals surface area contributed by atoms with Crippen LogP contribution in [0.1, 0.15) is 194 Å². The number of unbranched alkanes of at least 4 members (excludes halogenated alkanes) is 18. The first-order valence-corrected chi connectivity index (χ1v) is 20.0. The lowest BCUT2D eigenvalue weighted by Crippen LogP contribution is -2.40. The van der Waals surface area contributed by atoms with Crippen LogP contribution in [-0.2, 0) is 9.59 Å². The molecule has 0 aliphatic carbocycles. The first-order valence-electron chi connectivity index (χ1n) is 20.0. The number of allylic oxidation sites excluding steroid dienone is 8. The number of likely N-dealkylation sites (tertiary alicyclic amines) is 1. The zero-order valence-electron chi connectivity index (χ0n) is 30.8. The zero-order valence-corrected chi connectivity index (χ0v) is 30.8. The molecule has 2 atom stereocenters. The van der Waals surface area contributed by atoms with Crippen molar-refractivity contribution in [2.75, 3.05) is 6.54 Å². The monoisotopic (exact) mass is 638 g/mol. The summed E-state index contributed by atoms with van der Waals surface area (Å²) in [6.45, 7) is 7.46. The number of rotatable bonds is 31. The molecule has 0 saturated carbocycles. The van der Waals surface area contributed by atoms with E-state index in [1.807, 2.05) is 4.90 Å². The van der Waals surface area contributed by atoms with Crippen LogP contribution in [0.2, 0.25) is 0 Å². The van der Waals surface area contributed by atoms with Gasteiger partial charge in [-0.2, -0.15) is 0 Å². The minimum absolute atomic E-state index is 0.162. The van der Waals surface area contributed by atoms with Crippen LogP contribution in [0.25, 0.3) is 0 Å². The first-order chi connectivity index (χ1) is 22.6. The lowest BCUT2D eigenvalue weighted by molar-refractivity contribution is -0.137. The average Bonchev–Trinajstić information content (AvgIpc) is 3.46. The predicted octanol–water partition coefficient (Wildman–Crippen LogP) is 13.2. The SMILES string of the molecule is CCCCC/C=C\C/C=C\CCCCCCCCCC(=O)[C@@H]1C[C@H](C)CN1C(=O)CCCCCCC/C=C\C/C=C\CCCCC. The Morgan fingerprint density at radius 2 is 0.913 bits per heavy atom. The summed E-state index contributed by atoms with van der Waals surface area (Å²) < 4.78 is 0. The molecule has 0 aromatic carbocycles. The highest BCUT2D eigenvalue weighted by molar-refractivity contribution is 5.89. The molecule has 1 aliphatic rings. The second-order valence-electron chi connectivity index (χ2n) is 14.0. The number of amides is 1. The normalized spacial score (nSPS) is 17.2. The number of carbonyl (C=O) groups excluding carboxylic acids is 2. The Morgan fingerprint density at radius 1 is 0.522 bits per heavy atom. The van der Waals surface area contributed by atoms with Gasteiger partial charge in [-0.15, -0.1) is 0 Å². The molecule has 0 aromatic rings. The fraction of sp³-hybridized carbons (Fsp3) is 0.767. The van der Waals surface area contributed by atoms with Gasteiger partial charge in [-0.25, -0.2) is 0 Å². The van der Waals surface area contributed by atoms with Crippen LogP contribution >= 0.6 is 0 Å². The number of hydrogen-bond donors (Lipinski definition) is 0. The second-order valence-corrected chi connectivity index (χ2v) is 14.0. The Labute approximate surface area is 286 Å². The third kappa shape index (κ3) is 24.3. The molecular weight excluding hydrogens is 562 g/mol. The Hall–Kier alpha value is -1.90. The maximum absolute atomic E-state index is 13.1. The highest BCUT2D eigenvalue weighted by Gasteiger charge is 2.36. The van der Waals surface area contributed by atoms with Gasteiger partial charge in [0.1, 0.15) is 0 Å². The average molecular weight is 638 g/mol. The van der Waals surface area contributed by atoms with Gasteiger partial charge in [-0.3, -0.25) is 9.59 Å². The van der Waals surface area contributed by atoms with Crippen LogP contribution in [0.3, 0.4) is 0 Å². The Kier molecular flexibility index (Phi) is 29.0. The number of carbonyl (C=O) groups is 2. The lowest BCUT2D eigenvalue weighted by Gasteiger charge is -2.24. The second kappa shape index (κ2) is 31.7. The summed E-state index contributed by atoms with van der Waals surface area (Å²) in [6.07, 6.45) is 49.7. The van der Waals surface area contributed by atoms with Crippen molar-refractivity contribution in [1.82, 2.24) is 4.90 Å². The van der Waals surface area contributed by atoms with Crippen LogP contribution in [0.5, 0.6) is 0 Å². The summed E-state index contributed by atoms with van der Waals surface area (Å²) in [5.41, 5.74) is 0. The molecule has 46 heavy (non-hydrogen) atoms. The summed E-state index contributed by atoms with van der Waals surface area (Å²) in [7, 11) is 0. The Balaban J connectivity index is 2.04. The number of Topliss-reactive ketones (excluding diaryl/α,β-unsaturated/α-hetero) is 1. The fourth-order valence-electron chi connectivity index (χ4n) is 6.49. The quantitative estimate of drug-likeness (QED) is 0.0560. The molecule has 3 nitrogen and oxygen atoms in total. The molecule has 0 unspecified atom stereocenters. The highest BCUT2D eigenvalue weighted by Crippen LogP contribution is 2.26. The third-order valence-electron chi connectivity index (χ3n) is 9.42. The summed E-state index contributed by atoms with van der Waals surface area (Å²) in [4.78, 5) is 28.0. The van der Waals surface area contributed by atoms with Gasteiger partial charge in [0.2, 0.25) is 5.91 Å². The van der Waals surface area contributed by atoms with Gasteiger partial charge in [0.25, 0.3) is 0 Å². The first kappa shape index (κ1) is 42.1. The molecule has 1 fully saturated rings. The van der Waals surface area contributed by atoms with Crippen molar-refractivity contribution in [2.45, 2.75) is 200 Å². The van der Waals surface area contributed by atoms with E-state index in [9.17, 15) is 9.59 Å². The van der Waals surface area contributed by atoms with Gasteiger partial charge in [0, 0.05) is 19.4 Å². The van der Waals surface area contributed by atoms with E-state index < -0.39 is 0 Å². The summed E-state index contributed by atoms with van der Waals surface area (Å²) in [6, 6.07) is -0.162. The molecule has 0 N–H and O–H groups in total. The Morgan fingerprint density at radius 3 is 1.37 bits per heavy atom. The largest absolute Gasteiger partial charge is 0.332 e. The van der Waals surface area contributed by atoms with Crippen molar-refractivity contribution in [1.29, 1.82) is 0 Å². The third-order valence-corrected chi connectivity index (χ3v) is 9.42. The van der Waals surface area contributed by atoms with Gasteiger partial charge < -0.3 is 4.90 Å². The van der Waals surface area contributed by atoms with E-state index >= 15 is 0 Å².